The standard InChI is InChI=1S/C15H18N2O/c1-10-8-15(11(2)7-14(10)16)18-9-13-6-4-5-12(3)17-13/h4-8H,9,16H2,1-3H3. The Balaban J connectivity index is 2.13. The maximum atomic E-state index is 5.85. The molecule has 0 aliphatic heterocycles. The van der Waals surface area contributed by atoms with Crippen molar-refractivity contribution in [2.75, 3.05) is 5.73 Å². The smallest absolute Gasteiger partial charge is 0.130 e. The van der Waals surface area contributed by atoms with E-state index in [1.165, 1.54) is 0 Å². The molecule has 0 amide bonds. The molecule has 0 aliphatic carbocycles. The van der Waals surface area contributed by atoms with Crippen LogP contribution in [0.3, 0.4) is 0 Å². The van der Waals surface area contributed by atoms with Gasteiger partial charge in [0.25, 0.3) is 0 Å². The summed E-state index contributed by atoms with van der Waals surface area (Å²) in [5, 5.41) is 0. The molecule has 0 atom stereocenters. The molecule has 2 rings (SSSR count). The summed E-state index contributed by atoms with van der Waals surface area (Å²) in [5.41, 5.74) is 10.7. The van der Waals surface area contributed by atoms with Crippen LogP contribution in [0.2, 0.25) is 0 Å². The Morgan fingerprint density at radius 2 is 1.89 bits per heavy atom. The maximum Gasteiger partial charge on any atom is 0.130 e. The fourth-order valence-corrected chi connectivity index (χ4v) is 1.80. The van der Waals surface area contributed by atoms with Crippen molar-refractivity contribution >= 4 is 5.69 Å². The number of nitrogens with two attached hydrogens (primary N) is 1. The Bertz CT molecular complexity index is 564. The summed E-state index contributed by atoms with van der Waals surface area (Å²) in [6.45, 7) is 6.43. The number of rotatable bonds is 3. The summed E-state index contributed by atoms with van der Waals surface area (Å²) in [4.78, 5) is 4.41. The highest BCUT2D eigenvalue weighted by Gasteiger charge is 2.04. The fraction of sp³-hybridized carbons (Fsp3) is 0.267. The van der Waals surface area contributed by atoms with Gasteiger partial charge in [-0.2, -0.15) is 0 Å². The molecule has 94 valence electrons. The number of benzene rings is 1. The van der Waals surface area contributed by atoms with Gasteiger partial charge in [-0.1, -0.05) is 6.07 Å². The largest absolute Gasteiger partial charge is 0.487 e. The Hall–Kier alpha value is -2.03. The van der Waals surface area contributed by atoms with Crippen molar-refractivity contribution in [1.29, 1.82) is 0 Å². The average Bonchev–Trinajstić information content (AvgIpc) is 2.32. The second-order valence-corrected chi connectivity index (χ2v) is 4.53. The van der Waals surface area contributed by atoms with Crippen LogP contribution in [0, 0.1) is 20.8 Å². The molecular weight excluding hydrogens is 224 g/mol. The number of anilines is 1. The van der Waals surface area contributed by atoms with Gasteiger partial charge in [0.2, 0.25) is 0 Å². The van der Waals surface area contributed by atoms with E-state index in [0.717, 1.165) is 34.0 Å². The zero-order valence-electron chi connectivity index (χ0n) is 11.0. The molecule has 0 radical (unpaired) electrons. The quantitative estimate of drug-likeness (QED) is 0.841. The highest BCUT2D eigenvalue weighted by atomic mass is 16.5. The second-order valence-electron chi connectivity index (χ2n) is 4.53. The van der Waals surface area contributed by atoms with E-state index < -0.39 is 0 Å². The van der Waals surface area contributed by atoms with E-state index in [2.05, 4.69) is 4.98 Å². The lowest BCUT2D eigenvalue weighted by atomic mass is 10.1. The predicted octanol–water partition coefficient (Wildman–Crippen LogP) is 3.17. The number of hydrogen-bond acceptors (Lipinski definition) is 3. The van der Waals surface area contributed by atoms with Crippen molar-refractivity contribution in [3.05, 3.63) is 52.8 Å². The molecule has 0 fully saturated rings. The number of ether oxygens (including phenoxy) is 1. The van der Waals surface area contributed by atoms with Crippen LogP contribution in [0.25, 0.3) is 0 Å². The van der Waals surface area contributed by atoms with Gasteiger partial charge < -0.3 is 10.5 Å². The maximum absolute atomic E-state index is 5.85. The van der Waals surface area contributed by atoms with Crippen molar-refractivity contribution in [1.82, 2.24) is 4.98 Å². The van der Waals surface area contributed by atoms with Gasteiger partial charge in [0.1, 0.15) is 12.4 Å². The summed E-state index contributed by atoms with van der Waals surface area (Å²) in [6.07, 6.45) is 0. The Labute approximate surface area is 108 Å². The molecule has 3 heteroatoms. The minimum atomic E-state index is 0.478. The molecular formula is C15H18N2O. The molecule has 0 saturated heterocycles. The van der Waals surface area contributed by atoms with Gasteiger partial charge in [-0.05, 0) is 56.2 Å². The molecule has 0 spiro atoms. The zero-order chi connectivity index (χ0) is 13.1. The Morgan fingerprint density at radius 3 is 2.61 bits per heavy atom. The highest BCUT2D eigenvalue weighted by molar-refractivity contribution is 5.53. The number of hydrogen-bond donors (Lipinski definition) is 1. The van der Waals surface area contributed by atoms with Crippen LogP contribution < -0.4 is 10.5 Å². The van der Waals surface area contributed by atoms with E-state index in [0.29, 0.717) is 6.61 Å². The fourth-order valence-electron chi connectivity index (χ4n) is 1.80. The first-order chi connectivity index (χ1) is 8.56. The van der Waals surface area contributed by atoms with Crippen LogP contribution in [0.5, 0.6) is 5.75 Å². The zero-order valence-corrected chi connectivity index (χ0v) is 11.0. The van der Waals surface area contributed by atoms with Gasteiger partial charge in [0.05, 0.1) is 5.69 Å². The molecule has 2 aromatic rings. The Morgan fingerprint density at radius 1 is 1.11 bits per heavy atom. The van der Waals surface area contributed by atoms with E-state index in [1.807, 2.05) is 51.1 Å². The lowest BCUT2D eigenvalue weighted by Gasteiger charge is -2.11. The normalized spacial score (nSPS) is 10.4. The second kappa shape index (κ2) is 5.08. The van der Waals surface area contributed by atoms with Gasteiger partial charge in [0, 0.05) is 11.4 Å². The molecule has 0 saturated carbocycles. The average molecular weight is 242 g/mol. The monoisotopic (exact) mass is 242 g/mol. The van der Waals surface area contributed by atoms with E-state index in [4.69, 9.17) is 10.5 Å². The van der Waals surface area contributed by atoms with Crippen molar-refractivity contribution in [2.24, 2.45) is 0 Å². The van der Waals surface area contributed by atoms with Crippen LogP contribution in [-0.4, -0.2) is 4.98 Å². The van der Waals surface area contributed by atoms with Crippen LogP contribution in [0.1, 0.15) is 22.5 Å². The first-order valence-corrected chi connectivity index (χ1v) is 5.98. The van der Waals surface area contributed by atoms with E-state index in [1.54, 1.807) is 0 Å². The SMILES string of the molecule is Cc1cccc(COc2cc(C)c(N)cc2C)n1. The molecule has 0 bridgehead atoms. The molecule has 1 heterocycles. The molecule has 3 nitrogen and oxygen atoms in total. The molecule has 0 unspecified atom stereocenters. The van der Waals surface area contributed by atoms with Gasteiger partial charge in [0.15, 0.2) is 0 Å². The van der Waals surface area contributed by atoms with Crippen LogP contribution >= 0.6 is 0 Å². The summed E-state index contributed by atoms with van der Waals surface area (Å²) in [6, 6.07) is 9.84. The van der Waals surface area contributed by atoms with E-state index >= 15 is 0 Å². The topological polar surface area (TPSA) is 48.1 Å². The lowest BCUT2D eigenvalue weighted by Crippen LogP contribution is -2.01. The van der Waals surface area contributed by atoms with Crippen molar-refractivity contribution < 1.29 is 4.74 Å². The van der Waals surface area contributed by atoms with Crippen molar-refractivity contribution in [2.45, 2.75) is 27.4 Å². The minimum absolute atomic E-state index is 0.478. The third-order valence-electron chi connectivity index (χ3n) is 2.89. The van der Waals surface area contributed by atoms with Crippen molar-refractivity contribution in [3.63, 3.8) is 0 Å². The number of nitrogens with zero attached hydrogens (tertiary/aromatic N) is 1. The Kier molecular flexibility index (Phi) is 3.51. The third-order valence-corrected chi connectivity index (χ3v) is 2.89. The van der Waals surface area contributed by atoms with Gasteiger partial charge in [-0.25, -0.2) is 0 Å². The number of aromatic nitrogens is 1. The molecule has 0 aliphatic rings. The number of nitrogen functional groups attached to an aromatic ring is 1. The van der Waals surface area contributed by atoms with Crippen LogP contribution in [-0.2, 0) is 6.61 Å². The van der Waals surface area contributed by atoms with Crippen LogP contribution in [0.4, 0.5) is 5.69 Å². The lowest BCUT2D eigenvalue weighted by molar-refractivity contribution is 0.299. The van der Waals surface area contributed by atoms with Gasteiger partial charge in [-0.15, -0.1) is 0 Å². The van der Waals surface area contributed by atoms with Crippen molar-refractivity contribution in [3.8, 4) is 5.75 Å². The first kappa shape index (κ1) is 12.4. The number of pyridine rings is 1. The summed E-state index contributed by atoms with van der Waals surface area (Å²) >= 11 is 0. The van der Waals surface area contributed by atoms with E-state index in [-0.39, 0.29) is 0 Å². The molecule has 1 aromatic heterocycles. The molecule has 1 aromatic carbocycles. The summed E-state index contributed by atoms with van der Waals surface area (Å²) in [5.74, 6) is 0.866. The van der Waals surface area contributed by atoms with Gasteiger partial charge in [-0.3, -0.25) is 4.98 Å². The minimum Gasteiger partial charge on any atom is -0.487 e. The van der Waals surface area contributed by atoms with Crippen LogP contribution in [0.15, 0.2) is 30.3 Å². The molecule has 18 heavy (non-hydrogen) atoms. The predicted molar refractivity (Wildman–Crippen MR) is 73.6 cm³/mol. The van der Waals surface area contributed by atoms with Gasteiger partial charge >= 0.3 is 0 Å². The third kappa shape index (κ3) is 2.80. The highest BCUT2D eigenvalue weighted by Crippen LogP contribution is 2.24. The summed E-state index contributed by atoms with van der Waals surface area (Å²) < 4.78 is 5.80. The van der Waals surface area contributed by atoms with E-state index in [9.17, 15) is 0 Å². The number of aryl methyl sites for hydroxylation is 3. The molecule has 2 N–H and O–H groups in total. The first-order valence-electron chi connectivity index (χ1n) is 5.98. The summed E-state index contributed by atoms with van der Waals surface area (Å²) in [7, 11) is 0.